The number of halogens is 2. The van der Waals surface area contributed by atoms with Gasteiger partial charge in [0.15, 0.2) is 15.2 Å². The molecule has 0 N–H and O–H groups in total. The van der Waals surface area contributed by atoms with Crippen LogP contribution in [0.25, 0.3) is 0 Å². The summed E-state index contributed by atoms with van der Waals surface area (Å²) in [6, 6.07) is 5.37. The molecule has 2 unspecified atom stereocenters. The van der Waals surface area contributed by atoms with Gasteiger partial charge in [-0.05, 0) is 19.1 Å². The van der Waals surface area contributed by atoms with E-state index in [4.69, 9.17) is 44.5 Å². The Balaban J connectivity index is 2.29. The Hall–Kier alpha value is -0.0382. The summed E-state index contributed by atoms with van der Waals surface area (Å²) < 4.78 is 16.7. The third kappa shape index (κ3) is 7.68. The summed E-state index contributed by atoms with van der Waals surface area (Å²) in [4.78, 5) is 0. The number of ether oxygens (including phenoxy) is 2. The molecule has 21 heavy (non-hydrogen) atoms. The Labute approximate surface area is 139 Å². The summed E-state index contributed by atoms with van der Waals surface area (Å²) in [6.45, 7) is 7.25. The number of benzene rings is 1. The summed E-state index contributed by atoms with van der Waals surface area (Å²) in [5.74, 6) is 0.267. The van der Waals surface area contributed by atoms with E-state index >= 15 is 0 Å². The van der Waals surface area contributed by atoms with Crippen molar-refractivity contribution in [3.8, 4) is 0 Å². The molecule has 0 aliphatic heterocycles. The molecule has 1 rings (SSSR count). The number of rotatable bonds is 9. The van der Waals surface area contributed by atoms with Crippen LogP contribution >= 0.6 is 23.2 Å². The average Bonchev–Trinajstić information content (AvgIpc) is 2.42. The normalized spacial score (nSPS) is 14.4. The first-order valence-electron chi connectivity index (χ1n) is 6.78. The third-order valence-electron chi connectivity index (χ3n) is 2.74. The molecule has 0 bridgehead atoms. The van der Waals surface area contributed by atoms with Crippen LogP contribution in [0, 0.1) is 5.92 Å². The van der Waals surface area contributed by atoms with Crippen LogP contribution in [0.3, 0.4) is 0 Å². The predicted molar refractivity (Wildman–Crippen MR) is 89.2 cm³/mol. The van der Waals surface area contributed by atoms with E-state index in [1.165, 1.54) is 0 Å². The lowest BCUT2D eigenvalue weighted by Crippen LogP contribution is -2.23. The SMILES string of the molecule is [B][Si](C)OCC(C)COC(C)OCc1c(Cl)cccc1Cl. The van der Waals surface area contributed by atoms with Gasteiger partial charge in [-0.15, -0.1) is 0 Å². The van der Waals surface area contributed by atoms with Crippen molar-refractivity contribution >= 4 is 39.6 Å². The highest BCUT2D eigenvalue weighted by Gasteiger charge is 2.11. The van der Waals surface area contributed by atoms with Gasteiger partial charge >= 0.3 is 0 Å². The minimum atomic E-state index is -1.14. The first-order valence-corrected chi connectivity index (χ1v) is 9.52. The van der Waals surface area contributed by atoms with Gasteiger partial charge < -0.3 is 13.9 Å². The molecule has 115 valence electrons. The zero-order valence-corrected chi connectivity index (χ0v) is 15.1. The van der Waals surface area contributed by atoms with Crippen molar-refractivity contribution in [3.05, 3.63) is 33.8 Å². The molecule has 0 aliphatic carbocycles. The number of hydrogen-bond acceptors (Lipinski definition) is 3. The molecular formula is C14H20BCl2O3Si. The van der Waals surface area contributed by atoms with E-state index in [0.717, 1.165) is 5.56 Å². The maximum absolute atomic E-state index is 6.08. The molecule has 3 nitrogen and oxygen atoms in total. The van der Waals surface area contributed by atoms with Crippen molar-refractivity contribution in [2.24, 2.45) is 5.92 Å². The Kier molecular flexibility index (Phi) is 8.94. The predicted octanol–water partition coefficient (Wildman–Crippen LogP) is 3.81. The van der Waals surface area contributed by atoms with Crippen LogP contribution in [0.1, 0.15) is 19.4 Å². The summed E-state index contributed by atoms with van der Waals surface area (Å²) in [5, 5.41) is 1.19. The van der Waals surface area contributed by atoms with Crippen molar-refractivity contribution in [2.75, 3.05) is 13.2 Å². The van der Waals surface area contributed by atoms with Gasteiger partial charge in [0.1, 0.15) is 0 Å². The van der Waals surface area contributed by atoms with Crippen molar-refractivity contribution in [2.45, 2.75) is 33.3 Å². The van der Waals surface area contributed by atoms with Crippen LogP contribution in [0.2, 0.25) is 16.6 Å². The smallest absolute Gasteiger partial charge is 0.155 e. The van der Waals surface area contributed by atoms with Gasteiger partial charge in [-0.1, -0.05) is 42.7 Å². The number of hydrogen-bond donors (Lipinski definition) is 0. The molecule has 0 aliphatic rings. The first-order chi connectivity index (χ1) is 9.90. The fourth-order valence-electron chi connectivity index (χ4n) is 1.54. The molecular weight excluding hydrogens is 326 g/mol. The Morgan fingerprint density at radius 2 is 1.76 bits per heavy atom. The van der Waals surface area contributed by atoms with Gasteiger partial charge in [-0.25, -0.2) is 0 Å². The summed E-state index contributed by atoms with van der Waals surface area (Å²) in [5.41, 5.74) is 0.772. The molecule has 1 aromatic carbocycles. The van der Waals surface area contributed by atoms with Gasteiger partial charge in [0.25, 0.3) is 0 Å². The van der Waals surface area contributed by atoms with Gasteiger partial charge in [0, 0.05) is 28.1 Å². The third-order valence-corrected chi connectivity index (χ3v) is 4.07. The van der Waals surface area contributed by atoms with Gasteiger partial charge in [0.2, 0.25) is 0 Å². The molecule has 0 amide bonds. The van der Waals surface area contributed by atoms with Crippen LogP contribution < -0.4 is 0 Å². The van der Waals surface area contributed by atoms with E-state index in [0.29, 0.717) is 29.9 Å². The molecule has 3 radical (unpaired) electrons. The highest BCUT2D eigenvalue weighted by molar-refractivity contribution is 6.98. The van der Waals surface area contributed by atoms with E-state index < -0.39 is 8.91 Å². The molecule has 0 saturated carbocycles. The molecule has 0 saturated heterocycles. The second-order valence-corrected chi connectivity index (χ2v) is 7.26. The van der Waals surface area contributed by atoms with Crippen LogP contribution in [0.5, 0.6) is 0 Å². The molecule has 0 aromatic heterocycles. The minimum absolute atomic E-state index is 0.267. The lowest BCUT2D eigenvalue weighted by Gasteiger charge is -2.19. The second kappa shape index (κ2) is 9.87. The van der Waals surface area contributed by atoms with Gasteiger partial charge in [0.05, 0.1) is 20.7 Å². The largest absolute Gasteiger partial charge is 0.427 e. The zero-order chi connectivity index (χ0) is 15.8. The molecule has 0 spiro atoms. The van der Waals surface area contributed by atoms with Crippen LogP contribution in [0.15, 0.2) is 18.2 Å². The van der Waals surface area contributed by atoms with Gasteiger partial charge in [-0.2, -0.15) is 0 Å². The zero-order valence-electron chi connectivity index (χ0n) is 12.6. The second-order valence-electron chi connectivity index (χ2n) is 4.94. The summed E-state index contributed by atoms with van der Waals surface area (Å²) in [6.07, 6.45) is -0.343. The highest BCUT2D eigenvalue weighted by atomic mass is 35.5. The summed E-state index contributed by atoms with van der Waals surface area (Å²) >= 11 is 12.2. The molecule has 0 heterocycles. The topological polar surface area (TPSA) is 27.7 Å². The Morgan fingerprint density at radius 3 is 2.33 bits per heavy atom. The standard InChI is InChI=1S/C14H20BCl2O3Si/c1-10(8-20-21(3)15)7-18-11(2)19-9-12-13(16)5-4-6-14(12)17/h4-6,10-11H,7-9H2,1-3H3. The van der Waals surface area contributed by atoms with Crippen molar-refractivity contribution in [1.82, 2.24) is 0 Å². The fourth-order valence-corrected chi connectivity index (χ4v) is 2.59. The van der Waals surface area contributed by atoms with E-state index in [2.05, 4.69) is 0 Å². The van der Waals surface area contributed by atoms with E-state index in [1.807, 2.05) is 20.4 Å². The Morgan fingerprint density at radius 1 is 1.14 bits per heavy atom. The molecule has 1 aromatic rings. The highest BCUT2D eigenvalue weighted by Crippen LogP contribution is 2.25. The van der Waals surface area contributed by atoms with Crippen LogP contribution in [-0.4, -0.2) is 35.9 Å². The van der Waals surface area contributed by atoms with Crippen molar-refractivity contribution in [1.29, 1.82) is 0 Å². The molecule has 0 fully saturated rings. The van der Waals surface area contributed by atoms with Crippen molar-refractivity contribution < 1.29 is 13.9 Å². The first kappa shape index (κ1) is 19.0. The Bertz CT molecular complexity index is 414. The lowest BCUT2D eigenvalue weighted by atomic mass is 10.2. The minimum Gasteiger partial charge on any atom is -0.427 e. The van der Waals surface area contributed by atoms with Crippen molar-refractivity contribution in [3.63, 3.8) is 0 Å². The summed E-state index contributed by atoms with van der Waals surface area (Å²) in [7, 11) is 4.49. The molecule has 7 heteroatoms. The maximum atomic E-state index is 6.08. The van der Waals surface area contributed by atoms with E-state index in [9.17, 15) is 0 Å². The molecule has 2 atom stereocenters. The average molecular weight is 346 g/mol. The van der Waals surface area contributed by atoms with E-state index in [-0.39, 0.29) is 12.2 Å². The van der Waals surface area contributed by atoms with Crippen LogP contribution in [-0.2, 0) is 20.5 Å². The monoisotopic (exact) mass is 345 g/mol. The maximum Gasteiger partial charge on any atom is 0.155 e. The van der Waals surface area contributed by atoms with Gasteiger partial charge in [-0.3, -0.25) is 0 Å². The van der Waals surface area contributed by atoms with E-state index in [1.54, 1.807) is 18.2 Å². The van der Waals surface area contributed by atoms with Crippen LogP contribution in [0.4, 0.5) is 0 Å². The fraction of sp³-hybridized carbons (Fsp3) is 0.571. The lowest BCUT2D eigenvalue weighted by molar-refractivity contribution is -0.145. The quantitative estimate of drug-likeness (QED) is 0.503.